The Bertz CT molecular complexity index is 1340. The predicted octanol–water partition coefficient (Wildman–Crippen LogP) is 3.02. The molecule has 4 rings (SSSR count). The minimum absolute atomic E-state index is 0.311. The van der Waals surface area contributed by atoms with Crippen molar-refractivity contribution in [3.05, 3.63) is 63.1 Å². The summed E-state index contributed by atoms with van der Waals surface area (Å²) in [5, 5.41) is 4.44. The van der Waals surface area contributed by atoms with Gasteiger partial charge in [0, 0.05) is 19.3 Å². The molecule has 9 heteroatoms. The van der Waals surface area contributed by atoms with Crippen LogP contribution in [0.2, 0.25) is 0 Å². The number of H-pyrrole nitrogens is 1. The van der Waals surface area contributed by atoms with Gasteiger partial charge in [-0.3, -0.25) is 18.6 Å². The summed E-state index contributed by atoms with van der Waals surface area (Å²) in [6.45, 7) is 7.96. The van der Waals surface area contributed by atoms with Gasteiger partial charge in [0.1, 0.15) is 17.1 Å². The summed E-state index contributed by atoms with van der Waals surface area (Å²) >= 11 is 0. The first-order valence-electron chi connectivity index (χ1n) is 11.0. The van der Waals surface area contributed by atoms with Gasteiger partial charge in [0.25, 0.3) is 5.56 Å². The molecular weight excluding hydrogens is 408 g/mol. The number of hydrogen-bond donors (Lipinski definition) is 1. The summed E-state index contributed by atoms with van der Waals surface area (Å²) in [5.41, 5.74) is 1.90. The van der Waals surface area contributed by atoms with E-state index in [9.17, 15) is 9.59 Å². The summed E-state index contributed by atoms with van der Waals surface area (Å²) in [6, 6.07) is 7.89. The van der Waals surface area contributed by atoms with E-state index >= 15 is 0 Å². The normalized spacial score (nSPS) is 11.3. The van der Waals surface area contributed by atoms with E-state index in [1.165, 1.54) is 4.57 Å². The Kier molecular flexibility index (Phi) is 6.25. The second kappa shape index (κ2) is 9.25. The molecule has 0 fully saturated rings. The number of rotatable bonds is 9. The van der Waals surface area contributed by atoms with Gasteiger partial charge in [-0.05, 0) is 37.5 Å². The number of aromatic nitrogens is 6. The average Bonchev–Trinajstić information content (AvgIpc) is 3.42. The van der Waals surface area contributed by atoms with Crippen LogP contribution in [0.15, 0.2) is 46.2 Å². The maximum absolute atomic E-state index is 12.9. The summed E-state index contributed by atoms with van der Waals surface area (Å²) in [4.78, 5) is 33.5. The first kappa shape index (κ1) is 21.6. The second-order valence-corrected chi connectivity index (χ2v) is 7.68. The van der Waals surface area contributed by atoms with Crippen molar-refractivity contribution in [1.82, 2.24) is 28.9 Å². The van der Waals surface area contributed by atoms with Gasteiger partial charge in [-0.15, -0.1) is 0 Å². The predicted molar refractivity (Wildman–Crippen MR) is 123 cm³/mol. The molecule has 0 spiro atoms. The van der Waals surface area contributed by atoms with Gasteiger partial charge < -0.3 is 9.72 Å². The van der Waals surface area contributed by atoms with Crippen molar-refractivity contribution in [2.24, 2.45) is 0 Å². The molecule has 32 heavy (non-hydrogen) atoms. The zero-order chi connectivity index (χ0) is 22.7. The summed E-state index contributed by atoms with van der Waals surface area (Å²) in [7, 11) is 0. The van der Waals surface area contributed by atoms with Crippen LogP contribution in [0.1, 0.15) is 39.2 Å². The molecule has 3 heterocycles. The number of ether oxygens (including phenoxy) is 1. The molecule has 0 saturated heterocycles. The highest BCUT2D eigenvalue weighted by Gasteiger charge is 2.18. The van der Waals surface area contributed by atoms with Crippen LogP contribution in [0.3, 0.4) is 0 Å². The Balaban J connectivity index is 1.70. The summed E-state index contributed by atoms with van der Waals surface area (Å²) < 4.78 is 10.2. The number of aromatic amines is 1. The number of benzene rings is 1. The lowest BCUT2D eigenvalue weighted by molar-refractivity contribution is 0.340. The third kappa shape index (κ3) is 4.10. The lowest BCUT2D eigenvalue weighted by atomic mass is 10.2. The molecule has 0 unspecified atom stereocenters. The van der Waals surface area contributed by atoms with Gasteiger partial charge >= 0.3 is 5.69 Å². The largest absolute Gasteiger partial charge is 0.494 e. The molecule has 0 bridgehead atoms. The quantitative estimate of drug-likeness (QED) is 0.435. The van der Waals surface area contributed by atoms with Gasteiger partial charge in [0.05, 0.1) is 24.9 Å². The highest BCUT2D eigenvalue weighted by Crippen LogP contribution is 2.19. The minimum Gasteiger partial charge on any atom is -0.494 e. The van der Waals surface area contributed by atoms with E-state index in [4.69, 9.17) is 4.74 Å². The van der Waals surface area contributed by atoms with Crippen molar-refractivity contribution in [3.8, 4) is 17.1 Å². The molecule has 9 nitrogen and oxygen atoms in total. The first-order valence-corrected chi connectivity index (χ1v) is 11.0. The SMILES string of the molecule is CCCn1c(=O)c2[nH]c(-c3cnn(Cc4cccc(OCC)c4)c3)nc2n(CCC)c1=O. The molecule has 168 valence electrons. The molecule has 3 aromatic heterocycles. The number of imidazole rings is 1. The van der Waals surface area contributed by atoms with E-state index < -0.39 is 0 Å². The lowest BCUT2D eigenvalue weighted by Crippen LogP contribution is -2.40. The van der Waals surface area contributed by atoms with E-state index in [1.807, 2.05) is 55.9 Å². The van der Waals surface area contributed by atoms with Gasteiger partial charge in [-0.25, -0.2) is 9.78 Å². The zero-order valence-corrected chi connectivity index (χ0v) is 18.7. The topological polar surface area (TPSA) is 99.7 Å². The van der Waals surface area contributed by atoms with E-state index in [1.54, 1.807) is 10.8 Å². The number of nitrogens with one attached hydrogen (secondary N) is 1. The summed E-state index contributed by atoms with van der Waals surface area (Å²) in [6.07, 6.45) is 5.04. The number of nitrogens with zero attached hydrogens (tertiary/aromatic N) is 5. The number of fused-ring (bicyclic) bond motifs is 1. The molecule has 0 atom stereocenters. The van der Waals surface area contributed by atoms with E-state index in [0.29, 0.717) is 49.7 Å². The average molecular weight is 437 g/mol. The molecule has 4 aromatic rings. The fourth-order valence-electron chi connectivity index (χ4n) is 3.81. The molecule has 0 radical (unpaired) electrons. The van der Waals surface area contributed by atoms with Crippen LogP contribution < -0.4 is 16.0 Å². The van der Waals surface area contributed by atoms with Crippen LogP contribution in [-0.2, 0) is 19.6 Å². The van der Waals surface area contributed by atoms with Crippen molar-refractivity contribution in [2.45, 2.75) is 53.2 Å². The van der Waals surface area contributed by atoms with Gasteiger partial charge in [-0.1, -0.05) is 26.0 Å². The summed E-state index contributed by atoms with van der Waals surface area (Å²) in [5.74, 6) is 1.34. The Hall–Kier alpha value is -3.62. The van der Waals surface area contributed by atoms with Gasteiger partial charge in [-0.2, -0.15) is 5.10 Å². The first-order chi connectivity index (χ1) is 15.5. The molecule has 0 amide bonds. The van der Waals surface area contributed by atoms with Crippen LogP contribution >= 0.6 is 0 Å². The standard InChI is InChI=1S/C23H28N6O3/c1-4-10-28-21-19(22(30)29(11-5-2)23(28)31)25-20(26-21)17-13-24-27(15-17)14-16-8-7-9-18(12-16)32-6-3/h7-9,12-13,15H,4-6,10-11,14H2,1-3H3,(H,25,26). The minimum atomic E-state index is -0.335. The van der Waals surface area contributed by atoms with Crippen molar-refractivity contribution in [1.29, 1.82) is 0 Å². The molecule has 1 aromatic carbocycles. The van der Waals surface area contributed by atoms with Crippen molar-refractivity contribution in [2.75, 3.05) is 6.61 Å². The Morgan fingerprint density at radius 3 is 2.59 bits per heavy atom. The molecule has 0 aliphatic carbocycles. The molecule has 1 N–H and O–H groups in total. The van der Waals surface area contributed by atoms with Crippen molar-refractivity contribution in [3.63, 3.8) is 0 Å². The fraction of sp³-hybridized carbons (Fsp3) is 0.391. The van der Waals surface area contributed by atoms with Crippen molar-refractivity contribution < 1.29 is 4.74 Å². The monoisotopic (exact) mass is 436 g/mol. The molecule has 0 saturated carbocycles. The third-order valence-electron chi connectivity index (χ3n) is 5.22. The van der Waals surface area contributed by atoms with E-state index in [0.717, 1.165) is 23.3 Å². The van der Waals surface area contributed by atoms with E-state index in [-0.39, 0.29) is 11.2 Å². The van der Waals surface area contributed by atoms with Crippen molar-refractivity contribution >= 4 is 11.2 Å². The molecule has 0 aliphatic rings. The smallest absolute Gasteiger partial charge is 0.332 e. The zero-order valence-electron chi connectivity index (χ0n) is 18.7. The number of hydrogen-bond acceptors (Lipinski definition) is 5. The van der Waals surface area contributed by atoms with E-state index in [2.05, 4.69) is 15.1 Å². The molecular formula is C23H28N6O3. The van der Waals surface area contributed by atoms with Crippen LogP contribution in [0.5, 0.6) is 5.75 Å². The molecule has 0 aliphatic heterocycles. The van der Waals surface area contributed by atoms with Crippen LogP contribution in [0.4, 0.5) is 0 Å². The lowest BCUT2D eigenvalue weighted by Gasteiger charge is -2.09. The van der Waals surface area contributed by atoms with Crippen LogP contribution in [0.25, 0.3) is 22.6 Å². The Morgan fingerprint density at radius 1 is 1.06 bits per heavy atom. The van der Waals surface area contributed by atoms with Crippen LogP contribution in [0, 0.1) is 0 Å². The maximum atomic E-state index is 12.9. The number of aryl methyl sites for hydroxylation is 1. The fourth-order valence-corrected chi connectivity index (χ4v) is 3.81. The highest BCUT2D eigenvalue weighted by atomic mass is 16.5. The van der Waals surface area contributed by atoms with Gasteiger partial charge in [0.15, 0.2) is 5.65 Å². The Morgan fingerprint density at radius 2 is 1.84 bits per heavy atom. The van der Waals surface area contributed by atoms with Gasteiger partial charge in [0.2, 0.25) is 0 Å². The third-order valence-corrected chi connectivity index (χ3v) is 5.22. The maximum Gasteiger partial charge on any atom is 0.332 e. The van der Waals surface area contributed by atoms with Crippen LogP contribution in [-0.4, -0.2) is 35.5 Å². The Labute approximate surface area is 185 Å². The highest BCUT2D eigenvalue weighted by molar-refractivity contribution is 5.75. The second-order valence-electron chi connectivity index (χ2n) is 7.68.